The van der Waals surface area contributed by atoms with Crippen LogP contribution in [0.1, 0.15) is 0 Å². The lowest BCUT2D eigenvalue weighted by molar-refractivity contribution is 1.33. The molecular weight excluding hydrogens is 431 g/mol. The molecule has 0 spiro atoms. The Morgan fingerprint density at radius 2 is 1.00 bits per heavy atom. The van der Waals surface area contributed by atoms with E-state index in [9.17, 15) is 0 Å². The zero-order valence-corrected chi connectivity index (χ0v) is 16.3. The number of rotatable bonds is 2. The predicted molar refractivity (Wildman–Crippen MR) is 105 cm³/mol. The van der Waals surface area contributed by atoms with Gasteiger partial charge in [-0.15, -0.1) is 0 Å². The molecule has 0 radical (unpaired) electrons. The molecule has 0 unspecified atom stereocenters. The molecule has 24 heavy (non-hydrogen) atoms. The molecular formula is C17H7Cl6N. The fraction of sp³-hybridized carbons (Fsp3) is 0. The lowest BCUT2D eigenvalue weighted by atomic mass is 9.96. The van der Waals surface area contributed by atoms with Crippen molar-refractivity contribution in [3.8, 4) is 22.3 Å². The Balaban J connectivity index is 2.33. The smallest absolute Gasteiger partial charge is 0.0514 e. The van der Waals surface area contributed by atoms with Crippen molar-refractivity contribution in [3.63, 3.8) is 0 Å². The summed E-state index contributed by atoms with van der Waals surface area (Å²) in [4.78, 5) is 4.17. The Bertz CT molecular complexity index is 816. The Morgan fingerprint density at radius 3 is 1.46 bits per heavy atom. The van der Waals surface area contributed by atoms with Crippen LogP contribution in [0.3, 0.4) is 0 Å². The maximum absolute atomic E-state index is 6.36. The summed E-state index contributed by atoms with van der Waals surface area (Å²) in [6.07, 6.45) is 3.29. The van der Waals surface area contributed by atoms with Gasteiger partial charge in [-0.25, -0.2) is 0 Å². The van der Waals surface area contributed by atoms with E-state index in [-0.39, 0.29) is 0 Å². The number of hydrogen-bond acceptors (Lipinski definition) is 1. The lowest BCUT2D eigenvalue weighted by Crippen LogP contribution is -1.91. The minimum absolute atomic E-state index is 0.406. The van der Waals surface area contributed by atoms with Crippen molar-refractivity contribution in [2.75, 3.05) is 0 Å². The van der Waals surface area contributed by atoms with Crippen molar-refractivity contribution in [3.05, 3.63) is 72.9 Å². The highest BCUT2D eigenvalue weighted by Crippen LogP contribution is 2.45. The molecule has 0 atom stereocenters. The molecule has 0 bridgehead atoms. The highest BCUT2D eigenvalue weighted by Gasteiger charge is 2.19. The molecule has 0 amide bonds. The second kappa shape index (κ2) is 7.29. The van der Waals surface area contributed by atoms with Crippen LogP contribution in [-0.2, 0) is 0 Å². The summed E-state index contributed by atoms with van der Waals surface area (Å²) in [7, 11) is 0. The van der Waals surface area contributed by atoms with Crippen molar-refractivity contribution in [1.29, 1.82) is 0 Å². The molecule has 0 aliphatic rings. The van der Waals surface area contributed by atoms with Crippen LogP contribution < -0.4 is 0 Å². The molecule has 2 aromatic carbocycles. The molecule has 0 saturated heterocycles. The van der Waals surface area contributed by atoms with E-state index in [1.54, 1.807) is 42.7 Å². The third kappa shape index (κ3) is 3.48. The van der Waals surface area contributed by atoms with Gasteiger partial charge in [0.25, 0.3) is 0 Å². The molecule has 0 saturated carbocycles. The van der Waals surface area contributed by atoms with Crippen LogP contribution in [-0.4, -0.2) is 4.98 Å². The van der Waals surface area contributed by atoms with Crippen molar-refractivity contribution in [2.24, 2.45) is 0 Å². The average Bonchev–Trinajstić information content (AvgIpc) is 2.46. The second-order valence-corrected chi connectivity index (χ2v) is 7.41. The highest BCUT2D eigenvalue weighted by atomic mass is 35.5. The van der Waals surface area contributed by atoms with E-state index in [1.807, 2.05) is 0 Å². The van der Waals surface area contributed by atoms with Crippen LogP contribution in [0.5, 0.6) is 0 Å². The minimum Gasteiger partial charge on any atom is -0.264 e. The average molecular weight is 438 g/mol. The highest BCUT2D eigenvalue weighted by molar-refractivity contribution is 6.43. The van der Waals surface area contributed by atoms with Crippen molar-refractivity contribution >= 4 is 69.6 Å². The van der Waals surface area contributed by atoms with Gasteiger partial charge in [0, 0.05) is 39.1 Å². The molecule has 0 N–H and O–H groups in total. The lowest BCUT2D eigenvalue weighted by Gasteiger charge is -2.15. The number of hydrogen-bond donors (Lipinski definition) is 0. The van der Waals surface area contributed by atoms with Crippen molar-refractivity contribution in [2.45, 2.75) is 0 Å². The molecule has 0 aliphatic carbocycles. The topological polar surface area (TPSA) is 12.9 Å². The normalized spacial score (nSPS) is 10.9. The summed E-state index contributed by atoms with van der Waals surface area (Å²) in [5.74, 6) is 0. The monoisotopic (exact) mass is 435 g/mol. The van der Waals surface area contributed by atoms with E-state index in [0.717, 1.165) is 5.56 Å². The van der Waals surface area contributed by atoms with E-state index in [0.29, 0.717) is 46.8 Å². The first-order valence-corrected chi connectivity index (χ1v) is 8.89. The summed E-state index contributed by atoms with van der Waals surface area (Å²) in [5, 5.41) is 2.54. The van der Waals surface area contributed by atoms with Gasteiger partial charge in [0.2, 0.25) is 0 Å². The molecule has 0 aliphatic heterocycles. The number of pyridine rings is 1. The number of aromatic nitrogens is 1. The zero-order valence-electron chi connectivity index (χ0n) is 11.8. The van der Waals surface area contributed by atoms with Crippen molar-refractivity contribution < 1.29 is 0 Å². The first-order chi connectivity index (χ1) is 11.4. The largest absolute Gasteiger partial charge is 0.264 e. The van der Waals surface area contributed by atoms with Crippen LogP contribution in [0.15, 0.2) is 42.7 Å². The van der Waals surface area contributed by atoms with E-state index < -0.39 is 0 Å². The van der Waals surface area contributed by atoms with Gasteiger partial charge in [-0.2, -0.15) is 0 Å². The van der Waals surface area contributed by atoms with Crippen molar-refractivity contribution in [1.82, 2.24) is 4.98 Å². The van der Waals surface area contributed by atoms with Gasteiger partial charge in [-0.3, -0.25) is 4.98 Å². The molecule has 1 aromatic heterocycles. The van der Waals surface area contributed by atoms with Gasteiger partial charge in [0.15, 0.2) is 0 Å². The SMILES string of the molecule is Clc1cc(Cl)c(-c2ccncc2-c2c(Cl)cc(Cl)cc2Cl)c(Cl)c1. The van der Waals surface area contributed by atoms with E-state index in [1.165, 1.54) is 0 Å². The van der Waals surface area contributed by atoms with Crippen LogP contribution in [0.2, 0.25) is 30.1 Å². The maximum Gasteiger partial charge on any atom is 0.0514 e. The summed E-state index contributed by atoms with van der Waals surface area (Å²) < 4.78 is 0. The molecule has 3 aromatic rings. The minimum atomic E-state index is 0.406. The van der Waals surface area contributed by atoms with E-state index in [4.69, 9.17) is 69.6 Å². The fourth-order valence-electron chi connectivity index (χ4n) is 2.41. The summed E-state index contributed by atoms with van der Waals surface area (Å²) in [6, 6.07) is 8.27. The van der Waals surface area contributed by atoms with Gasteiger partial charge < -0.3 is 0 Å². The van der Waals surface area contributed by atoms with Crippen LogP contribution in [0.25, 0.3) is 22.3 Å². The quantitative estimate of drug-likeness (QED) is 0.392. The van der Waals surface area contributed by atoms with E-state index in [2.05, 4.69) is 4.98 Å². The molecule has 1 nitrogen and oxygen atoms in total. The zero-order chi connectivity index (χ0) is 17.4. The Labute approximate surface area is 169 Å². The summed E-state index contributed by atoms with van der Waals surface area (Å²) >= 11 is 37.4. The number of halogens is 6. The molecule has 1 heterocycles. The van der Waals surface area contributed by atoms with Gasteiger partial charge in [-0.05, 0) is 35.9 Å². The molecule has 7 heteroatoms. The third-order valence-corrected chi connectivity index (χ3v) is 5.00. The van der Waals surface area contributed by atoms with Gasteiger partial charge in [-0.1, -0.05) is 69.6 Å². The Morgan fingerprint density at radius 1 is 0.583 bits per heavy atom. The molecule has 0 fully saturated rings. The number of benzene rings is 2. The van der Waals surface area contributed by atoms with Gasteiger partial charge in [0.1, 0.15) is 0 Å². The first-order valence-electron chi connectivity index (χ1n) is 6.62. The standard InChI is InChI=1S/C17H7Cl6N/c18-8-3-12(20)16(13(21)4-8)10-1-2-24-7-11(10)17-14(22)5-9(19)6-15(17)23/h1-7H. The maximum atomic E-state index is 6.36. The van der Waals surface area contributed by atoms with Gasteiger partial charge in [0.05, 0.1) is 20.1 Å². The summed E-state index contributed by atoms with van der Waals surface area (Å²) in [5.41, 5.74) is 2.66. The Kier molecular flexibility index (Phi) is 5.51. The predicted octanol–water partition coefficient (Wildman–Crippen LogP) is 8.34. The summed E-state index contributed by atoms with van der Waals surface area (Å²) in [6.45, 7) is 0. The second-order valence-electron chi connectivity index (χ2n) is 4.91. The first kappa shape index (κ1) is 18.1. The van der Waals surface area contributed by atoms with Crippen LogP contribution in [0.4, 0.5) is 0 Å². The molecule has 122 valence electrons. The van der Waals surface area contributed by atoms with Gasteiger partial charge >= 0.3 is 0 Å². The third-order valence-electron chi connectivity index (χ3n) is 3.37. The van der Waals surface area contributed by atoms with Crippen LogP contribution >= 0.6 is 69.6 Å². The van der Waals surface area contributed by atoms with Crippen LogP contribution in [0, 0.1) is 0 Å². The number of nitrogens with zero attached hydrogens (tertiary/aromatic N) is 1. The fourth-order valence-corrected chi connectivity index (χ4v) is 4.45. The van der Waals surface area contributed by atoms with E-state index >= 15 is 0 Å². The molecule has 3 rings (SSSR count). The Hall–Kier alpha value is -0.670.